The van der Waals surface area contributed by atoms with Crippen LogP contribution in [0.1, 0.15) is 34.1 Å². The summed E-state index contributed by atoms with van der Waals surface area (Å²) < 4.78 is 26.1. The molecule has 1 N–H and O–H groups in total. The maximum atomic E-state index is 13.2. The first-order valence-electron chi connectivity index (χ1n) is 7.92. The fraction of sp³-hybridized carbons (Fsp3) is 0.158. The van der Waals surface area contributed by atoms with Crippen LogP contribution >= 0.6 is 11.3 Å². The van der Waals surface area contributed by atoms with Crippen molar-refractivity contribution < 1.29 is 13.6 Å². The Morgan fingerprint density at radius 2 is 1.84 bits per heavy atom. The summed E-state index contributed by atoms with van der Waals surface area (Å²) in [5, 5.41) is 5.76. The van der Waals surface area contributed by atoms with E-state index in [1.54, 1.807) is 23.5 Å². The Bertz CT molecular complexity index is 933. The van der Waals surface area contributed by atoms with Crippen molar-refractivity contribution in [2.75, 3.05) is 5.32 Å². The number of hydrogen-bond donors (Lipinski definition) is 1. The highest BCUT2D eigenvalue weighted by atomic mass is 32.1. The predicted molar refractivity (Wildman–Crippen MR) is 93.8 cm³/mol. The summed E-state index contributed by atoms with van der Waals surface area (Å²) in [6.07, 6.45) is 2.44. The van der Waals surface area contributed by atoms with Gasteiger partial charge in [-0.25, -0.2) is 13.8 Å². The van der Waals surface area contributed by atoms with E-state index in [0.717, 1.165) is 23.4 Å². The number of benzene rings is 2. The number of nitrogens with one attached hydrogen (secondary N) is 1. The topological polar surface area (TPSA) is 42.0 Å². The van der Waals surface area contributed by atoms with Gasteiger partial charge in [0.25, 0.3) is 5.91 Å². The van der Waals surface area contributed by atoms with E-state index in [-0.39, 0.29) is 11.6 Å². The smallest absolute Gasteiger partial charge is 0.255 e. The van der Waals surface area contributed by atoms with Crippen molar-refractivity contribution in [1.82, 2.24) is 4.98 Å². The molecule has 0 saturated heterocycles. The Labute approximate surface area is 147 Å². The summed E-state index contributed by atoms with van der Waals surface area (Å²) in [6.45, 7) is 0. The molecule has 3 aromatic rings. The normalized spacial score (nSPS) is 13.7. The fourth-order valence-electron chi connectivity index (χ4n) is 2.51. The van der Waals surface area contributed by atoms with Crippen LogP contribution in [0.25, 0.3) is 11.3 Å². The molecule has 0 atom stereocenters. The number of hydrogen-bond acceptors (Lipinski definition) is 3. The number of amides is 1. The number of carbonyl (C=O) groups is 1. The van der Waals surface area contributed by atoms with Crippen LogP contribution in [0.5, 0.6) is 0 Å². The summed E-state index contributed by atoms with van der Waals surface area (Å²) in [5.74, 6) is -1.70. The van der Waals surface area contributed by atoms with E-state index in [1.807, 2.05) is 17.5 Å². The van der Waals surface area contributed by atoms with Crippen LogP contribution < -0.4 is 5.32 Å². The van der Waals surface area contributed by atoms with Crippen molar-refractivity contribution in [2.24, 2.45) is 0 Å². The second-order valence-corrected chi connectivity index (χ2v) is 6.90. The van der Waals surface area contributed by atoms with Crippen molar-refractivity contribution in [1.29, 1.82) is 0 Å². The minimum Gasteiger partial charge on any atom is -0.322 e. The third-order valence-corrected chi connectivity index (χ3v) is 5.08. The van der Waals surface area contributed by atoms with Crippen LogP contribution in [-0.2, 0) is 0 Å². The quantitative estimate of drug-likeness (QED) is 0.696. The molecule has 1 saturated carbocycles. The highest BCUT2D eigenvalue weighted by Crippen LogP contribution is 2.42. The molecule has 0 bridgehead atoms. The number of anilines is 1. The van der Waals surface area contributed by atoms with E-state index in [0.29, 0.717) is 11.5 Å². The molecule has 25 heavy (non-hydrogen) atoms. The first-order chi connectivity index (χ1) is 12.1. The monoisotopic (exact) mass is 356 g/mol. The molecule has 0 unspecified atom stereocenters. The Morgan fingerprint density at radius 1 is 1.08 bits per heavy atom. The third kappa shape index (κ3) is 3.44. The van der Waals surface area contributed by atoms with Crippen LogP contribution in [0.4, 0.5) is 14.5 Å². The van der Waals surface area contributed by atoms with Gasteiger partial charge in [0.05, 0.1) is 10.7 Å². The summed E-state index contributed by atoms with van der Waals surface area (Å²) in [4.78, 5) is 16.9. The van der Waals surface area contributed by atoms with Crippen molar-refractivity contribution >= 4 is 22.9 Å². The van der Waals surface area contributed by atoms with E-state index >= 15 is 0 Å². The molecule has 1 fully saturated rings. The zero-order valence-electron chi connectivity index (χ0n) is 13.1. The van der Waals surface area contributed by atoms with Gasteiger partial charge in [-0.2, -0.15) is 0 Å². The molecule has 126 valence electrons. The fourth-order valence-corrected chi connectivity index (χ4v) is 3.51. The molecule has 1 aliphatic carbocycles. The van der Waals surface area contributed by atoms with Crippen molar-refractivity contribution in [3.8, 4) is 11.3 Å². The molecule has 3 nitrogen and oxygen atoms in total. The Hall–Kier alpha value is -2.60. The van der Waals surface area contributed by atoms with Crippen LogP contribution in [0.3, 0.4) is 0 Å². The second-order valence-electron chi connectivity index (χ2n) is 6.01. The maximum Gasteiger partial charge on any atom is 0.255 e. The molecule has 6 heteroatoms. The first kappa shape index (κ1) is 15.9. The van der Waals surface area contributed by atoms with Gasteiger partial charge in [0, 0.05) is 34.2 Å². The number of nitrogens with zero attached hydrogens (tertiary/aromatic N) is 1. The van der Waals surface area contributed by atoms with Gasteiger partial charge in [0.2, 0.25) is 0 Å². The van der Waals surface area contributed by atoms with Crippen molar-refractivity contribution in [3.63, 3.8) is 0 Å². The lowest BCUT2D eigenvalue weighted by Crippen LogP contribution is -2.12. The van der Waals surface area contributed by atoms with Gasteiger partial charge in [0.15, 0.2) is 11.6 Å². The lowest BCUT2D eigenvalue weighted by Gasteiger charge is -2.06. The lowest BCUT2D eigenvalue weighted by molar-refractivity contribution is 0.102. The largest absolute Gasteiger partial charge is 0.322 e. The summed E-state index contributed by atoms with van der Waals surface area (Å²) >= 11 is 1.67. The lowest BCUT2D eigenvalue weighted by atomic mass is 10.1. The maximum absolute atomic E-state index is 13.2. The molecule has 1 amide bonds. The minimum atomic E-state index is -0.997. The predicted octanol–water partition coefficient (Wildman–Crippen LogP) is 5.22. The average molecular weight is 356 g/mol. The standard InChI is InChI=1S/C19H14F2N2OS/c20-15-8-7-14(9-16(15)21)22-18(24)12-3-1-11(2-4-12)17-10-25-19(23-17)13-5-6-13/h1-4,7-10,13H,5-6H2,(H,22,24). The molecule has 1 heterocycles. The van der Waals surface area contributed by atoms with Gasteiger partial charge in [-0.15, -0.1) is 11.3 Å². The molecule has 0 radical (unpaired) electrons. The van der Waals surface area contributed by atoms with Crippen LogP contribution in [-0.4, -0.2) is 10.9 Å². The highest BCUT2D eigenvalue weighted by Gasteiger charge is 2.26. The zero-order chi connectivity index (χ0) is 17.4. The van der Waals surface area contributed by atoms with E-state index in [1.165, 1.54) is 23.9 Å². The third-order valence-electron chi connectivity index (χ3n) is 4.07. The van der Waals surface area contributed by atoms with Crippen LogP contribution in [0.15, 0.2) is 47.8 Å². The van der Waals surface area contributed by atoms with Crippen molar-refractivity contribution in [2.45, 2.75) is 18.8 Å². The SMILES string of the molecule is O=C(Nc1ccc(F)c(F)c1)c1ccc(-c2csc(C3CC3)n2)cc1. The molecule has 2 aromatic carbocycles. The Morgan fingerprint density at radius 3 is 2.52 bits per heavy atom. The summed E-state index contributed by atoms with van der Waals surface area (Å²) in [5.41, 5.74) is 2.51. The number of carbonyl (C=O) groups excluding carboxylic acids is 1. The molecule has 0 aliphatic heterocycles. The summed E-state index contributed by atoms with van der Waals surface area (Å²) in [6, 6.07) is 10.3. The van der Waals surface area contributed by atoms with Gasteiger partial charge < -0.3 is 5.32 Å². The van der Waals surface area contributed by atoms with Gasteiger partial charge in [-0.05, 0) is 37.1 Å². The molecular formula is C19H14F2N2OS. The number of halogens is 2. The van der Waals surface area contributed by atoms with Crippen LogP contribution in [0, 0.1) is 11.6 Å². The molecule has 1 aromatic heterocycles. The Balaban J connectivity index is 1.48. The summed E-state index contributed by atoms with van der Waals surface area (Å²) in [7, 11) is 0. The van der Waals surface area contributed by atoms with E-state index in [4.69, 9.17) is 0 Å². The number of thiazole rings is 1. The van der Waals surface area contributed by atoms with Gasteiger partial charge in [-0.3, -0.25) is 4.79 Å². The average Bonchev–Trinajstić information content (AvgIpc) is 3.35. The van der Waals surface area contributed by atoms with Crippen LogP contribution in [0.2, 0.25) is 0 Å². The molecule has 0 spiro atoms. The first-order valence-corrected chi connectivity index (χ1v) is 8.80. The van der Waals surface area contributed by atoms with Gasteiger partial charge in [0.1, 0.15) is 0 Å². The van der Waals surface area contributed by atoms with E-state index in [9.17, 15) is 13.6 Å². The van der Waals surface area contributed by atoms with E-state index < -0.39 is 11.6 Å². The number of aromatic nitrogens is 1. The minimum absolute atomic E-state index is 0.210. The zero-order valence-corrected chi connectivity index (χ0v) is 13.9. The number of rotatable bonds is 4. The molecule has 1 aliphatic rings. The van der Waals surface area contributed by atoms with Gasteiger partial charge in [-0.1, -0.05) is 12.1 Å². The molecular weight excluding hydrogens is 342 g/mol. The van der Waals surface area contributed by atoms with Gasteiger partial charge >= 0.3 is 0 Å². The van der Waals surface area contributed by atoms with E-state index in [2.05, 4.69) is 10.3 Å². The highest BCUT2D eigenvalue weighted by molar-refractivity contribution is 7.10. The molecule has 4 rings (SSSR count). The van der Waals surface area contributed by atoms with Crippen molar-refractivity contribution in [3.05, 3.63) is 70.1 Å². The Kier molecular flexibility index (Phi) is 4.05. The second kappa shape index (κ2) is 6.37.